The molecule has 0 aliphatic carbocycles. The van der Waals surface area contributed by atoms with E-state index in [0.717, 1.165) is 45.9 Å². The lowest BCUT2D eigenvalue weighted by molar-refractivity contribution is -0.144. The number of aliphatic hydroxyl groups is 1. The molecular formula is C40H57N5O6S. The van der Waals surface area contributed by atoms with Crippen molar-refractivity contribution in [3.8, 4) is 16.2 Å². The Morgan fingerprint density at radius 1 is 1.08 bits per heavy atom. The van der Waals surface area contributed by atoms with Crippen molar-refractivity contribution in [2.45, 2.75) is 111 Å². The molecule has 3 aromatic rings. The summed E-state index contributed by atoms with van der Waals surface area (Å²) in [5.74, 6) is -0.302. The van der Waals surface area contributed by atoms with Crippen molar-refractivity contribution in [2.24, 2.45) is 17.1 Å². The van der Waals surface area contributed by atoms with Crippen molar-refractivity contribution >= 4 is 35.0 Å². The number of likely N-dealkylation sites (tertiary alicyclic amines) is 1. The highest BCUT2D eigenvalue weighted by Crippen LogP contribution is 2.30. The van der Waals surface area contributed by atoms with Gasteiger partial charge >= 0.3 is 0 Å². The number of thiazole rings is 1. The zero-order valence-electron chi connectivity index (χ0n) is 31.3. The molecule has 2 heterocycles. The third kappa shape index (κ3) is 11.6. The molecule has 1 fully saturated rings. The first-order chi connectivity index (χ1) is 24.6. The largest absolute Gasteiger partial charge is 0.493 e. The quantitative estimate of drug-likeness (QED) is 0.129. The summed E-state index contributed by atoms with van der Waals surface area (Å²) >= 11 is 1.58. The summed E-state index contributed by atoms with van der Waals surface area (Å²) in [5.41, 5.74) is 10.5. The highest BCUT2D eigenvalue weighted by Gasteiger charge is 2.44. The molecule has 1 aliphatic rings. The molecule has 11 nitrogen and oxygen atoms in total. The fraction of sp³-hybridized carbons (Fsp3) is 0.525. The number of nitrogens with zero attached hydrogens (tertiary/aromatic N) is 2. The summed E-state index contributed by atoms with van der Waals surface area (Å²) in [6.45, 7) is 12.0. The standard InChI is InChI=1S/C40H55N5O6S.H2/c1-25(14-19-34(41)47)23-51-32-12-9-11-28(20-32)10-7-8-13-35(48)44-37(40(4,5)6)39(50)45-22-31(46)21-33(45)38(49)43-26(2)29-15-17-30(18-16-29)36-27(3)42-24-52-36;/h9,11-12,15-18,20,24-26,31,33,37,46H,7-8,10,13-14,19,21-23H2,1-6H3,(H2,41,47)(H,43,49)(H,44,48);1H/t25-,26-,31+,33-,37+;/m0./s1. The van der Waals surface area contributed by atoms with Crippen LogP contribution in [0.4, 0.5) is 0 Å². The van der Waals surface area contributed by atoms with Crippen molar-refractivity contribution in [2.75, 3.05) is 13.2 Å². The highest BCUT2D eigenvalue weighted by molar-refractivity contribution is 7.13. The number of ether oxygens (including phenoxy) is 1. The molecule has 2 aromatic carbocycles. The topological polar surface area (TPSA) is 164 Å². The number of amides is 4. The lowest BCUT2D eigenvalue weighted by Gasteiger charge is -2.35. The zero-order valence-corrected chi connectivity index (χ0v) is 32.1. The lowest BCUT2D eigenvalue weighted by Crippen LogP contribution is -2.57. The molecule has 5 atom stereocenters. The Balaban J connectivity index is 0.00000756. The zero-order chi connectivity index (χ0) is 38.0. The fourth-order valence-electron chi connectivity index (χ4n) is 6.36. The minimum Gasteiger partial charge on any atom is -0.493 e. The number of aromatic nitrogens is 1. The number of benzene rings is 2. The van der Waals surface area contributed by atoms with Crippen LogP contribution in [0.15, 0.2) is 54.0 Å². The van der Waals surface area contributed by atoms with Gasteiger partial charge in [0.1, 0.15) is 17.8 Å². The van der Waals surface area contributed by atoms with E-state index < -0.39 is 23.6 Å². The molecule has 0 radical (unpaired) electrons. The van der Waals surface area contributed by atoms with Crippen molar-refractivity contribution < 1.29 is 30.4 Å². The first kappa shape index (κ1) is 40.5. The SMILES string of the molecule is Cc1ncsc1-c1ccc([C@H](C)NC(=O)[C@@H]2C[C@@H](O)CN2C(=O)[C@@H](NC(=O)CCCCc2cccc(OC[C@@H](C)CCC(N)=O)c2)C(C)(C)C)cc1.[HH]. The molecule has 0 bridgehead atoms. The molecule has 12 heteroatoms. The predicted octanol–water partition coefficient (Wildman–Crippen LogP) is 5.73. The number of β-amino-alcohol motifs (C(OH)–C–C–N with tert-alkyl or cyclic N) is 1. The Labute approximate surface area is 313 Å². The summed E-state index contributed by atoms with van der Waals surface area (Å²) in [6, 6.07) is 13.8. The Morgan fingerprint density at radius 2 is 1.81 bits per heavy atom. The van der Waals surface area contributed by atoms with Crippen LogP contribution in [0.5, 0.6) is 5.75 Å². The van der Waals surface area contributed by atoms with Crippen LogP contribution in [0.3, 0.4) is 0 Å². The van der Waals surface area contributed by atoms with E-state index in [-0.39, 0.29) is 56.4 Å². The van der Waals surface area contributed by atoms with Crippen LogP contribution < -0.4 is 21.1 Å². The molecule has 4 amide bonds. The van der Waals surface area contributed by atoms with E-state index in [0.29, 0.717) is 25.9 Å². The third-order valence-corrected chi connectivity index (χ3v) is 10.5. The van der Waals surface area contributed by atoms with Gasteiger partial charge in [-0.15, -0.1) is 11.3 Å². The van der Waals surface area contributed by atoms with Crippen LogP contribution in [0.25, 0.3) is 10.4 Å². The van der Waals surface area contributed by atoms with Gasteiger partial charge in [-0.2, -0.15) is 0 Å². The van der Waals surface area contributed by atoms with Crippen molar-refractivity contribution in [3.05, 3.63) is 70.9 Å². The fourth-order valence-corrected chi connectivity index (χ4v) is 7.18. The minimum atomic E-state index is -0.875. The summed E-state index contributed by atoms with van der Waals surface area (Å²) in [6.07, 6.45) is 2.71. The van der Waals surface area contributed by atoms with Crippen LogP contribution in [-0.2, 0) is 25.6 Å². The van der Waals surface area contributed by atoms with Gasteiger partial charge in [-0.05, 0) is 79.7 Å². The highest BCUT2D eigenvalue weighted by atomic mass is 32.1. The van der Waals surface area contributed by atoms with Crippen molar-refractivity contribution in [1.29, 1.82) is 0 Å². The Bertz CT molecular complexity index is 1680. The lowest BCUT2D eigenvalue weighted by atomic mass is 9.85. The number of hydrogen-bond acceptors (Lipinski definition) is 8. The van der Waals surface area contributed by atoms with Gasteiger partial charge < -0.3 is 31.1 Å². The molecule has 1 aromatic heterocycles. The molecule has 1 aliphatic heterocycles. The molecule has 284 valence electrons. The first-order valence-electron chi connectivity index (χ1n) is 18.2. The monoisotopic (exact) mass is 735 g/mol. The molecule has 1 saturated heterocycles. The number of hydrogen-bond donors (Lipinski definition) is 4. The average molecular weight is 736 g/mol. The molecule has 4 rings (SSSR count). The summed E-state index contributed by atoms with van der Waals surface area (Å²) in [7, 11) is 0. The number of carbonyl (C=O) groups excluding carboxylic acids is 4. The van der Waals surface area contributed by atoms with Gasteiger partial charge in [-0.1, -0.05) is 64.1 Å². The number of rotatable bonds is 17. The molecule has 0 spiro atoms. The van der Waals surface area contributed by atoms with Crippen LogP contribution in [0, 0.1) is 18.3 Å². The summed E-state index contributed by atoms with van der Waals surface area (Å²) in [4.78, 5) is 58.6. The molecule has 0 unspecified atom stereocenters. The van der Waals surface area contributed by atoms with Crippen molar-refractivity contribution in [3.63, 3.8) is 0 Å². The van der Waals surface area contributed by atoms with Gasteiger partial charge in [0, 0.05) is 27.2 Å². The van der Waals surface area contributed by atoms with E-state index in [1.807, 2.05) is 95.6 Å². The van der Waals surface area contributed by atoms with Gasteiger partial charge in [-0.25, -0.2) is 4.98 Å². The van der Waals surface area contributed by atoms with Crippen LogP contribution in [-0.4, -0.2) is 70.0 Å². The van der Waals surface area contributed by atoms with Crippen LogP contribution in [0.1, 0.15) is 97.4 Å². The number of aryl methyl sites for hydroxylation is 2. The maximum absolute atomic E-state index is 14.0. The smallest absolute Gasteiger partial charge is 0.246 e. The number of nitrogens with two attached hydrogens (primary N) is 1. The van der Waals surface area contributed by atoms with E-state index in [1.54, 1.807) is 11.3 Å². The summed E-state index contributed by atoms with van der Waals surface area (Å²) in [5, 5.41) is 16.6. The predicted molar refractivity (Wildman–Crippen MR) is 206 cm³/mol. The molecule has 52 heavy (non-hydrogen) atoms. The van der Waals surface area contributed by atoms with Gasteiger partial charge in [-0.3, -0.25) is 19.2 Å². The molecule has 5 N–H and O–H groups in total. The number of carbonyl (C=O) groups is 4. The van der Waals surface area contributed by atoms with Crippen LogP contribution >= 0.6 is 11.3 Å². The Morgan fingerprint density at radius 3 is 2.46 bits per heavy atom. The maximum atomic E-state index is 14.0. The van der Waals surface area contributed by atoms with E-state index in [1.165, 1.54) is 4.90 Å². The third-order valence-electron chi connectivity index (χ3n) is 9.50. The summed E-state index contributed by atoms with van der Waals surface area (Å²) < 4.78 is 5.92. The number of aliphatic hydroxyl groups excluding tert-OH is 1. The second-order valence-electron chi connectivity index (χ2n) is 15.2. The Hall–Kier alpha value is -4.29. The maximum Gasteiger partial charge on any atom is 0.246 e. The van der Waals surface area contributed by atoms with E-state index in [2.05, 4.69) is 15.6 Å². The molecule has 0 saturated carbocycles. The van der Waals surface area contributed by atoms with E-state index >= 15 is 0 Å². The minimum absolute atomic E-state index is 0. The van der Waals surface area contributed by atoms with Gasteiger partial charge in [0.05, 0.1) is 34.8 Å². The van der Waals surface area contributed by atoms with E-state index in [9.17, 15) is 24.3 Å². The number of nitrogens with one attached hydrogen (secondary N) is 2. The number of unbranched alkanes of at least 4 members (excludes halogenated alkanes) is 1. The van der Waals surface area contributed by atoms with Gasteiger partial charge in [0.25, 0.3) is 0 Å². The first-order valence-corrected chi connectivity index (χ1v) is 19.1. The second-order valence-corrected chi connectivity index (χ2v) is 16.0. The normalized spacial score (nSPS) is 17.6. The molecular weight excluding hydrogens is 679 g/mol. The number of primary amides is 1. The van der Waals surface area contributed by atoms with Crippen molar-refractivity contribution in [1.82, 2.24) is 20.5 Å². The Kier molecular flexibility index (Phi) is 14.4. The van der Waals surface area contributed by atoms with Gasteiger partial charge in [0.15, 0.2) is 0 Å². The second kappa shape index (κ2) is 18.5. The van der Waals surface area contributed by atoms with Crippen LogP contribution in [0.2, 0.25) is 0 Å². The average Bonchev–Trinajstić information content (AvgIpc) is 3.71. The van der Waals surface area contributed by atoms with Gasteiger partial charge in [0.2, 0.25) is 23.6 Å². The van der Waals surface area contributed by atoms with E-state index in [4.69, 9.17) is 10.5 Å².